The zero-order valence-electron chi connectivity index (χ0n) is 11.8. The highest BCUT2D eigenvalue weighted by atomic mass is 17.5. The van der Waals surface area contributed by atoms with Gasteiger partial charge in [-0.3, -0.25) is 0 Å². The van der Waals surface area contributed by atoms with Crippen LogP contribution < -0.4 is 0 Å². The van der Waals surface area contributed by atoms with Crippen LogP contribution in [0.25, 0.3) is 0 Å². The molecule has 0 rings (SSSR count). The lowest BCUT2D eigenvalue weighted by Gasteiger charge is -2.31. The summed E-state index contributed by atoms with van der Waals surface area (Å²) in [5, 5.41) is 12.7. The van der Waals surface area contributed by atoms with Crippen molar-refractivity contribution in [1.82, 2.24) is 0 Å². The van der Waals surface area contributed by atoms with Gasteiger partial charge in [0, 0.05) is 0 Å². The molecular formula is C14H30O3. The van der Waals surface area contributed by atoms with Crippen molar-refractivity contribution in [3.05, 3.63) is 0 Å². The zero-order chi connectivity index (χ0) is 13.0. The van der Waals surface area contributed by atoms with E-state index in [2.05, 4.69) is 25.8 Å². The fourth-order valence-corrected chi connectivity index (χ4v) is 2.27. The van der Waals surface area contributed by atoms with Gasteiger partial charge < -0.3 is 0 Å². The van der Waals surface area contributed by atoms with Crippen LogP contribution in [-0.4, -0.2) is 10.9 Å². The monoisotopic (exact) mass is 246 g/mol. The minimum absolute atomic E-state index is 0.268. The Bertz CT molecular complexity index is 152. The number of unbranched alkanes of at least 4 members (excludes halogenated alkanes) is 4. The highest BCUT2D eigenvalue weighted by Gasteiger charge is 2.31. The summed E-state index contributed by atoms with van der Waals surface area (Å²) < 4.78 is 0. The summed E-state index contributed by atoms with van der Waals surface area (Å²) in [5.74, 6) is 0. The van der Waals surface area contributed by atoms with Crippen LogP contribution in [0.4, 0.5) is 0 Å². The van der Waals surface area contributed by atoms with Crippen LogP contribution in [-0.2, 0) is 9.93 Å². The van der Waals surface area contributed by atoms with Crippen LogP contribution in [0.15, 0.2) is 0 Å². The third-order valence-electron chi connectivity index (χ3n) is 3.42. The molecule has 0 unspecified atom stereocenters. The first kappa shape index (κ1) is 16.9. The van der Waals surface area contributed by atoms with Crippen LogP contribution in [0.3, 0.4) is 0 Å². The Morgan fingerprint density at radius 2 is 1.24 bits per heavy atom. The molecule has 0 aliphatic rings. The molecule has 0 spiro atoms. The summed E-state index contributed by atoms with van der Waals surface area (Å²) in [5.41, 5.74) is -0.268. The van der Waals surface area contributed by atoms with Gasteiger partial charge in [0.1, 0.15) is 5.60 Å². The Hall–Kier alpha value is -0.120. The molecule has 0 aliphatic carbocycles. The van der Waals surface area contributed by atoms with Crippen molar-refractivity contribution >= 4 is 0 Å². The fourth-order valence-electron chi connectivity index (χ4n) is 2.27. The molecule has 0 saturated heterocycles. The van der Waals surface area contributed by atoms with Crippen molar-refractivity contribution in [3.63, 3.8) is 0 Å². The van der Waals surface area contributed by atoms with Gasteiger partial charge in [0.15, 0.2) is 0 Å². The highest BCUT2D eigenvalue weighted by molar-refractivity contribution is 4.79. The molecule has 0 heterocycles. The second kappa shape index (κ2) is 11.0. The van der Waals surface area contributed by atoms with Gasteiger partial charge >= 0.3 is 0 Å². The van der Waals surface area contributed by atoms with Crippen LogP contribution >= 0.6 is 0 Å². The minimum atomic E-state index is -0.268. The maximum atomic E-state index is 8.63. The van der Waals surface area contributed by atoms with Crippen molar-refractivity contribution in [2.24, 2.45) is 0 Å². The Balaban J connectivity index is 4.32. The molecule has 0 amide bonds. The van der Waals surface area contributed by atoms with E-state index in [1.807, 2.05) is 0 Å². The van der Waals surface area contributed by atoms with Gasteiger partial charge in [0.2, 0.25) is 0 Å². The molecule has 0 atom stereocenters. The normalized spacial score (nSPS) is 12.0. The summed E-state index contributed by atoms with van der Waals surface area (Å²) >= 11 is 0. The average molecular weight is 246 g/mol. The third-order valence-corrected chi connectivity index (χ3v) is 3.42. The first-order valence-corrected chi connectivity index (χ1v) is 7.24. The smallest absolute Gasteiger partial charge is 0.107 e. The third kappa shape index (κ3) is 7.74. The highest BCUT2D eigenvalue weighted by Crippen LogP contribution is 2.31. The predicted molar refractivity (Wildman–Crippen MR) is 70.7 cm³/mol. The maximum Gasteiger partial charge on any atom is 0.107 e. The molecule has 0 bridgehead atoms. The standard InChI is InChI=1S/C14H30O3/c1-4-7-10-13-14(16-17-15,11-8-5-2)12-9-6-3/h15H,4-13H2,1-3H3. The average Bonchev–Trinajstić information content (AvgIpc) is 2.34. The van der Waals surface area contributed by atoms with E-state index < -0.39 is 0 Å². The molecule has 0 aliphatic heterocycles. The zero-order valence-corrected chi connectivity index (χ0v) is 11.8. The van der Waals surface area contributed by atoms with E-state index in [1.54, 1.807) is 0 Å². The first-order valence-electron chi connectivity index (χ1n) is 7.24. The van der Waals surface area contributed by atoms with E-state index in [9.17, 15) is 0 Å². The molecule has 17 heavy (non-hydrogen) atoms. The fraction of sp³-hybridized carbons (Fsp3) is 1.00. The van der Waals surface area contributed by atoms with E-state index >= 15 is 0 Å². The number of rotatable bonds is 12. The molecule has 0 aromatic carbocycles. The first-order chi connectivity index (χ1) is 8.24. The quantitative estimate of drug-likeness (QED) is 0.295. The van der Waals surface area contributed by atoms with E-state index in [-0.39, 0.29) is 5.60 Å². The largest absolute Gasteiger partial charge is 0.221 e. The van der Waals surface area contributed by atoms with Crippen LogP contribution in [0.1, 0.15) is 85.0 Å². The SMILES string of the molecule is CCCCCC(CCCC)(CCCC)OOO. The number of hydrogen-bond donors (Lipinski definition) is 1. The molecule has 0 aromatic heterocycles. The number of hydrogen-bond acceptors (Lipinski definition) is 3. The van der Waals surface area contributed by atoms with Crippen molar-refractivity contribution in [1.29, 1.82) is 0 Å². The van der Waals surface area contributed by atoms with Crippen LogP contribution in [0.5, 0.6) is 0 Å². The van der Waals surface area contributed by atoms with Gasteiger partial charge in [-0.2, -0.15) is 4.89 Å². The molecule has 3 heteroatoms. The van der Waals surface area contributed by atoms with Crippen molar-refractivity contribution in [2.45, 2.75) is 90.6 Å². The van der Waals surface area contributed by atoms with E-state index in [1.165, 1.54) is 12.8 Å². The van der Waals surface area contributed by atoms with Gasteiger partial charge in [-0.15, -0.1) is 0 Å². The maximum absolute atomic E-state index is 8.63. The van der Waals surface area contributed by atoms with Gasteiger partial charge in [-0.1, -0.05) is 70.8 Å². The molecule has 1 N–H and O–H groups in total. The predicted octanol–water partition coefficient (Wildman–Crippen LogP) is 5.11. The van der Waals surface area contributed by atoms with Gasteiger partial charge in [0.25, 0.3) is 0 Å². The molecular weight excluding hydrogens is 216 g/mol. The lowest BCUT2D eigenvalue weighted by molar-refractivity contribution is -0.528. The summed E-state index contributed by atoms with van der Waals surface area (Å²) in [6.45, 7) is 6.55. The van der Waals surface area contributed by atoms with Crippen LogP contribution in [0, 0.1) is 0 Å². The summed E-state index contributed by atoms with van der Waals surface area (Å²) in [7, 11) is 0. The molecule has 3 nitrogen and oxygen atoms in total. The van der Waals surface area contributed by atoms with Gasteiger partial charge in [-0.05, 0) is 19.3 Å². The topological polar surface area (TPSA) is 38.7 Å². The minimum Gasteiger partial charge on any atom is -0.221 e. The lowest BCUT2D eigenvalue weighted by Crippen LogP contribution is -2.32. The molecule has 104 valence electrons. The molecule has 0 fully saturated rings. The van der Waals surface area contributed by atoms with E-state index in [4.69, 9.17) is 10.1 Å². The van der Waals surface area contributed by atoms with Gasteiger partial charge in [0.05, 0.1) is 0 Å². The molecule has 0 saturated carbocycles. The molecule has 0 aromatic rings. The van der Waals surface area contributed by atoms with E-state index in [0.29, 0.717) is 0 Å². The lowest BCUT2D eigenvalue weighted by atomic mass is 9.86. The Morgan fingerprint density at radius 3 is 1.65 bits per heavy atom. The van der Waals surface area contributed by atoms with Crippen LogP contribution in [0.2, 0.25) is 0 Å². The molecule has 0 radical (unpaired) electrons. The second-order valence-electron chi connectivity index (χ2n) is 5.01. The summed E-state index contributed by atoms with van der Waals surface area (Å²) in [6.07, 6.45) is 11.1. The van der Waals surface area contributed by atoms with Gasteiger partial charge in [-0.25, -0.2) is 5.26 Å². The second-order valence-corrected chi connectivity index (χ2v) is 5.01. The Morgan fingerprint density at radius 1 is 0.765 bits per heavy atom. The van der Waals surface area contributed by atoms with E-state index in [0.717, 1.165) is 51.4 Å². The van der Waals surface area contributed by atoms with Crippen molar-refractivity contribution < 1.29 is 15.2 Å². The Labute approximate surface area is 106 Å². The van der Waals surface area contributed by atoms with Crippen molar-refractivity contribution in [2.75, 3.05) is 0 Å². The summed E-state index contributed by atoms with van der Waals surface area (Å²) in [4.78, 5) is 5.24. The summed E-state index contributed by atoms with van der Waals surface area (Å²) in [6, 6.07) is 0. The Kier molecular flexibility index (Phi) is 10.9. The van der Waals surface area contributed by atoms with Crippen molar-refractivity contribution in [3.8, 4) is 0 Å².